The summed E-state index contributed by atoms with van der Waals surface area (Å²) in [7, 11) is 2.10. The second-order valence-corrected chi connectivity index (χ2v) is 7.00. The summed E-state index contributed by atoms with van der Waals surface area (Å²) in [4.78, 5) is 2.23. The van der Waals surface area contributed by atoms with Gasteiger partial charge >= 0.3 is 0 Å². The van der Waals surface area contributed by atoms with E-state index in [9.17, 15) is 5.11 Å². The first-order chi connectivity index (χ1) is 10.9. The Kier molecular flexibility index (Phi) is 9.15. The quantitative estimate of drug-likeness (QED) is 0.592. The SMILES string of the molecule is C=CCN(C)CC(C)=CCCC(C)=CC(O)c1ccc(Br)cc1. The molecular weight excluding hydrogens is 350 g/mol. The third-order valence-corrected chi connectivity index (χ3v) is 4.17. The molecule has 0 aromatic heterocycles. The van der Waals surface area contributed by atoms with Gasteiger partial charge in [-0.3, -0.25) is 4.90 Å². The van der Waals surface area contributed by atoms with Gasteiger partial charge in [0.2, 0.25) is 0 Å². The second-order valence-electron chi connectivity index (χ2n) is 6.08. The van der Waals surface area contributed by atoms with Gasteiger partial charge in [-0.1, -0.05) is 57.4 Å². The standard InChI is InChI=1S/C20H28BrNO/c1-5-13-22(4)15-17(3)8-6-7-16(2)14-20(23)18-9-11-19(21)12-10-18/h5,8-12,14,20,23H,1,6-7,13,15H2,2-4H3. The molecule has 2 nitrogen and oxygen atoms in total. The van der Waals surface area contributed by atoms with E-state index in [1.165, 1.54) is 11.1 Å². The predicted molar refractivity (Wildman–Crippen MR) is 104 cm³/mol. The minimum atomic E-state index is -0.535. The van der Waals surface area contributed by atoms with E-state index in [1.807, 2.05) is 36.4 Å². The third-order valence-electron chi connectivity index (χ3n) is 3.65. The highest BCUT2D eigenvalue weighted by atomic mass is 79.9. The molecule has 0 bridgehead atoms. The molecule has 0 saturated heterocycles. The third kappa shape index (κ3) is 8.31. The highest BCUT2D eigenvalue weighted by Crippen LogP contribution is 2.20. The lowest BCUT2D eigenvalue weighted by Gasteiger charge is -2.14. The number of benzene rings is 1. The predicted octanol–water partition coefficient (Wildman–Crippen LogP) is 5.27. The van der Waals surface area contributed by atoms with E-state index in [-0.39, 0.29) is 0 Å². The largest absolute Gasteiger partial charge is 0.384 e. The first-order valence-electron chi connectivity index (χ1n) is 7.98. The van der Waals surface area contributed by atoms with Crippen molar-refractivity contribution >= 4 is 15.9 Å². The fourth-order valence-electron chi connectivity index (χ4n) is 2.43. The van der Waals surface area contributed by atoms with Crippen molar-refractivity contribution in [3.05, 3.63) is 70.3 Å². The van der Waals surface area contributed by atoms with E-state index >= 15 is 0 Å². The van der Waals surface area contributed by atoms with Gasteiger partial charge in [-0.15, -0.1) is 6.58 Å². The van der Waals surface area contributed by atoms with Crippen LogP contribution < -0.4 is 0 Å². The molecule has 0 aliphatic carbocycles. The van der Waals surface area contributed by atoms with Gasteiger partial charge < -0.3 is 5.11 Å². The van der Waals surface area contributed by atoms with Crippen LogP contribution >= 0.6 is 15.9 Å². The van der Waals surface area contributed by atoms with Crippen LogP contribution in [0.15, 0.2) is 64.7 Å². The normalized spacial score (nSPS) is 14.2. The maximum atomic E-state index is 10.2. The number of aliphatic hydroxyl groups excluding tert-OH is 1. The molecule has 1 N–H and O–H groups in total. The molecule has 0 amide bonds. The Balaban J connectivity index is 2.47. The van der Waals surface area contributed by atoms with Crippen LogP contribution in [0.5, 0.6) is 0 Å². The van der Waals surface area contributed by atoms with Crippen molar-refractivity contribution in [1.29, 1.82) is 0 Å². The molecule has 0 heterocycles. The van der Waals surface area contributed by atoms with Crippen LogP contribution in [0.25, 0.3) is 0 Å². The van der Waals surface area contributed by atoms with E-state index in [1.54, 1.807) is 0 Å². The van der Waals surface area contributed by atoms with Crippen LogP contribution in [-0.2, 0) is 0 Å². The highest BCUT2D eigenvalue weighted by Gasteiger charge is 2.04. The Hall–Kier alpha value is -1.16. The van der Waals surface area contributed by atoms with Crippen molar-refractivity contribution in [3.63, 3.8) is 0 Å². The number of hydrogen-bond acceptors (Lipinski definition) is 2. The van der Waals surface area contributed by atoms with Gasteiger partial charge in [0, 0.05) is 17.6 Å². The maximum Gasteiger partial charge on any atom is 0.0974 e. The Morgan fingerprint density at radius 3 is 2.52 bits per heavy atom. The Morgan fingerprint density at radius 1 is 1.26 bits per heavy atom. The topological polar surface area (TPSA) is 23.5 Å². The van der Waals surface area contributed by atoms with Gasteiger partial charge in [0.25, 0.3) is 0 Å². The number of allylic oxidation sites excluding steroid dienone is 2. The van der Waals surface area contributed by atoms with E-state index in [4.69, 9.17) is 0 Å². The van der Waals surface area contributed by atoms with E-state index in [2.05, 4.69) is 54.4 Å². The monoisotopic (exact) mass is 377 g/mol. The molecule has 0 fully saturated rings. The molecule has 126 valence electrons. The van der Waals surface area contributed by atoms with Crippen LogP contribution in [0.1, 0.15) is 38.4 Å². The molecule has 0 saturated carbocycles. The number of hydrogen-bond donors (Lipinski definition) is 1. The first kappa shape index (κ1) is 19.9. The minimum Gasteiger partial charge on any atom is -0.384 e. The molecule has 23 heavy (non-hydrogen) atoms. The molecule has 1 rings (SSSR count). The Bertz CT molecular complexity index is 545. The molecule has 0 aliphatic heterocycles. The lowest BCUT2D eigenvalue weighted by Crippen LogP contribution is -2.20. The average molecular weight is 378 g/mol. The van der Waals surface area contributed by atoms with E-state index in [0.717, 1.165) is 36.0 Å². The average Bonchev–Trinajstić information content (AvgIpc) is 2.47. The second kappa shape index (κ2) is 10.6. The van der Waals surface area contributed by atoms with Crippen molar-refractivity contribution in [2.24, 2.45) is 0 Å². The van der Waals surface area contributed by atoms with Gasteiger partial charge in [0.05, 0.1) is 6.10 Å². The minimum absolute atomic E-state index is 0.535. The Labute approximate surface area is 149 Å². The number of rotatable bonds is 9. The fraction of sp³-hybridized carbons (Fsp3) is 0.400. The first-order valence-corrected chi connectivity index (χ1v) is 8.77. The molecule has 1 aromatic carbocycles. The molecule has 0 aliphatic rings. The zero-order valence-electron chi connectivity index (χ0n) is 14.4. The summed E-state index contributed by atoms with van der Waals surface area (Å²) in [6, 6.07) is 7.79. The van der Waals surface area contributed by atoms with Crippen molar-refractivity contribution < 1.29 is 5.11 Å². The molecule has 1 atom stereocenters. The van der Waals surface area contributed by atoms with E-state index < -0.39 is 6.10 Å². The van der Waals surface area contributed by atoms with Crippen molar-refractivity contribution in [3.8, 4) is 0 Å². The van der Waals surface area contributed by atoms with Gasteiger partial charge in [-0.2, -0.15) is 0 Å². The smallest absolute Gasteiger partial charge is 0.0974 e. The molecule has 3 heteroatoms. The van der Waals surface area contributed by atoms with Gasteiger partial charge in [0.1, 0.15) is 0 Å². The maximum absolute atomic E-state index is 10.2. The van der Waals surface area contributed by atoms with Crippen LogP contribution in [0.2, 0.25) is 0 Å². The van der Waals surface area contributed by atoms with E-state index in [0.29, 0.717) is 0 Å². The summed E-state index contributed by atoms with van der Waals surface area (Å²) in [6.07, 6.45) is 7.58. The molecule has 0 spiro atoms. The number of likely N-dealkylation sites (N-methyl/N-ethyl adjacent to an activating group) is 1. The summed E-state index contributed by atoms with van der Waals surface area (Å²) in [5.41, 5.74) is 3.50. The zero-order valence-corrected chi connectivity index (χ0v) is 16.0. The van der Waals surface area contributed by atoms with Crippen molar-refractivity contribution in [1.82, 2.24) is 4.90 Å². The summed E-state index contributed by atoms with van der Waals surface area (Å²) in [5, 5.41) is 10.2. The molecule has 1 unspecified atom stereocenters. The summed E-state index contributed by atoms with van der Waals surface area (Å²) >= 11 is 3.41. The summed E-state index contributed by atoms with van der Waals surface area (Å²) < 4.78 is 1.02. The van der Waals surface area contributed by atoms with Crippen LogP contribution in [0, 0.1) is 0 Å². The lowest BCUT2D eigenvalue weighted by atomic mass is 10.0. The number of nitrogens with zero attached hydrogens (tertiary/aromatic N) is 1. The van der Waals surface area contributed by atoms with Gasteiger partial charge in [-0.05, 0) is 51.4 Å². The van der Waals surface area contributed by atoms with Crippen LogP contribution in [0.4, 0.5) is 0 Å². The van der Waals surface area contributed by atoms with Gasteiger partial charge in [0.15, 0.2) is 0 Å². The summed E-state index contributed by atoms with van der Waals surface area (Å²) in [5.74, 6) is 0. The molecule has 1 aromatic rings. The zero-order chi connectivity index (χ0) is 17.2. The van der Waals surface area contributed by atoms with Crippen molar-refractivity contribution in [2.45, 2.75) is 32.8 Å². The highest BCUT2D eigenvalue weighted by molar-refractivity contribution is 9.10. The van der Waals surface area contributed by atoms with Crippen molar-refractivity contribution in [2.75, 3.05) is 20.1 Å². The lowest BCUT2D eigenvalue weighted by molar-refractivity contribution is 0.227. The van der Waals surface area contributed by atoms with Gasteiger partial charge in [-0.25, -0.2) is 0 Å². The van der Waals surface area contributed by atoms with Crippen LogP contribution in [0.3, 0.4) is 0 Å². The fourth-order valence-corrected chi connectivity index (χ4v) is 2.69. The Morgan fingerprint density at radius 2 is 1.91 bits per heavy atom. The summed E-state index contributed by atoms with van der Waals surface area (Å²) in [6.45, 7) is 9.87. The molecular formula is C20H28BrNO. The molecule has 0 radical (unpaired) electrons. The van der Waals surface area contributed by atoms with Crippen LogP contribution in [-0.4, -0.2) is 30.1 Å². The number of aliphatic hydroxyl groups is 1. The number of halogens is 1.